The van der Waals surface area contributed by atoms with Gasteiger partial charge in [0.05, 0.1) is 6.54 Å². The maximum atomic E-state index is 13.1. The molecule has 0 saturated heterocycles. The first kappa shape index (κ1) is 15.6. The number of hydrogen-bond donors (Lipinski definition) is 1. The molecule has 0 saturated carbocycles. The summed E-state index contributed by atoms with van der Waals surface area (Å²) in [6.45, 7) is 4.00. The van der Waals surface area contributed by atoms with Gasteiger partial charge in [-0.2, -0.15) is 0 Å². The minimum atomic E-state index is -0.281. The molecule has 2 N–H and O–H groups in total. The molecule has 1 amide bonds. The number of hydrogen-bond acceptors (Lipinski definition) is 3. The molecular weight excluding hydrogens is 245 g/mol. The van der Waals surface area contributed by atoms with Gasteiger partial charge in [0, 0.05) is 27.2 Å². The number of nitrogens with zero attached hydrogens (tertiary/aromatic N) is 2. The van der Waals surface area contributed by atoms with Gasteiger partial charge in [0.15, 0.2) is 0 Å². The van der Waals surface area contributed by atoms with Crippen LogP contribution in [0.5, 0.6) is 0 Å². The van der Waals surface area contributed by atoms with Crippen LogP contribution < -0.4 is 5.73 Å². The van der Waals surface area contributed by atoms with Crippen molar-refractivity contribution in [2.24, 2.45) is 5.73 Å². The predicted molar refractivity (Wildman–Crippen MR) is 73.9 cm³/mol. The van der Waals surface area contributed by atoms with E-state index in [1.165, 1.54) is 12.1 Å². The highest BCUT2D eigenvalue weighted by molar-refractivity contribution is 5.77. The van der Waals surface area contributed by atoms with E-state index in [4.69, 9.17) is 5.73 Å². The molecule has 0 aliphatic heterocycles. The lowest BCUT2D eigenvalue weighted by Gasteiger charge is -2.23. The van der Waals surface area contributed by atoms with Gasteiger partial charge in [-0.15, -0.1) is 0 Å². The Morgan fingerprint density at radius 3 is 2.53 bits per heavy atom. The van der Waals surface area contributed by atoms with Crippen LogP contribution in [0.3, 0.4) is 0 Å². The van der Waals surface area contributed by atoms with E-state index in [0.29, 0.717) is 19.6 Å². The molecule has 0 atom stereocenters. The smallest absolute Gasteiger partial charge is 0.236 e. The van der Waals surface area contributed by atoms with Crippen molar-refractivity contribution in [3.63, 3.8) is 0 Å². The SMILES string of the molecule is CCN(CC(=O)N(C)C)Cc1ccc(F)cc1CN. The lowest BCUT2D eigenvalue weighted by Crippen LogP contribution is -2.36. The molecule has 106 valence electrons. The molecule has 19 heavy (non-hydrogen) atoms. The molecule has 0 aliphatic rings. The van der Waals surface area contributed by atoms with E-state index < -0.39 is 0 Å². The van der Waals surface area contributed by atoms with Crippen molar-refractivity contribution in [2.75, 3.05) is 27.2 Å². The lowest BCUT2D eigenvalue weighted by molar-refractivity contribution is -0.130. The average Bonchev–Trinajstić information content (AvgIpc) is 2.39. The van der Waals surface area contributed by atoms with Crippen molar-refractivity contribution in [3.8, 4) is 0 Å². The fourth-order valence-corrected chi connectivity index (χ4v) is 1.79. The van der Waals surface area contributed by atoms with Gasteiger partial charge in [-0.3, -0.25) is 9.69 Å². The van der Waals surface area contributed by atoms with Crippen LogP contribution in [0.25, 0.3) is 0 Å². The largest absolute Gasteiger partial charge is 0.348 e. The topological polar surface area (TPSA) is 49.6 Å². The maximum Gasteiger partial charge on any atom is 0.236 e. The van der Waals surface area contributed by atoms with Crippen LogP contribution >= 0.6 is 0 Å². The molecular formula is C14H22FN3O. The summed E-state index contributed by atoms with van der Waals surface area (Å²) < 4.78 is 13.1. The first-order valence-electron chi connectivity index (χ1n) is 6.37. The average molecular weight is 267 g/mol. The summed E-state index contributed by atoms with van der Waals surface area (Å²) in [5.74, 6) is -0.227. The standard InChI is InChI=1S/C14H22FN3O/c1-4-18(10-14(19)17(2)3)9-11-5-6-13(15)7-12(11)8-16/h5-7H,4,8-10,16H2,1-3H3. The van der Waals surface area contributed by atoms with Crippen LogP contribution in [0.2, 0.25) is 0 Å². The van der Waals surface area contributed by atoms with Gasteiger partial charge in [-0.25, -0.2) is 4.39 Å². The molecule has 1 rings (SSSR count). The summed E-state index contributed by atoms with van der Waals surface area (Å²) in [5.41, 5.74) is 7.38. The molecule has 0 aliphatic carbocycles. The molecule has 1 aromatic carbocycles. The maximum absolute atomic E-state index is 13.1. The number of amides is 1. The van der Waals surface area contributed by atoms with Gasteiger partial charge < -0.3 is 10.6 Å². The zero-order valence-corrected chi connectivity index (χ0v) is 11.8. The Morgan fingerprint density at radius 2 is 2.00 bits per heavy atom. The molecule has 0 spiro atoms. The van der Waals surface area contributed by atoms with E-state index in [2.05, 4.69) is 0 Å². The van der Waals surface area contributed by atoms with E-state index in [9.17, 15) is 9.18 Å². The Hall–Kier alpha value is -1.46. The Balaban J connectivity index is 2.78. The summed E-state index contributed by atoms with van der Waals surface area (Å²) in [6.07, 6.45) is 0. The van der Waals surface area contributed by atoms with Crippen molar-refractivity contribution in [1.82, 2.24) is 9.80 Å². The number of rotatable bonds is 6. The van der Waals surface area contributed by atoms with Crippen molar-refractivity contribution >= 4 is 5.91 Å². The molecule has 0 fully saturated rings. The highest BCUT2D eigenvalue weighted by Gasteiger charge is 2.13. The van der Waals surface area contributed by atoms with Crippen LogP contribution in [-0.4, -0.2) is 42.9 Å². The van der Waals surface area contributed by atoms with Gasteiger partial charge >= 0.3 is 0 Å². The van der Waals surface area contributed by atoms with Crippen LogP contribution in [0.1, 0.15) is 18.1 Å². The molecule has 0 bridgehead atoms. The van der Waals surface area contributed by atoms with Crippen molar-refractivity contribution in [2.45, 2.75) is 20.0 Å². The number of benzene rings is 1. The molecule has 5 heteroatoms. The van der Waals surface area contributed by atoms with E-state index in [1.807, 2.05) is 11.8 Å². The van der Waals surface area contributed by atoms with Gasteiger partial charge in [0.2, 0.25) is 5.91 Å². The fraction of sp³-hybridized carbons (Fsp3) is 0.500. The first-order valence-corrected chi connectivity index (χ1v) is 6.37. The molecule has 1 aromatic rings. The second-order valence-electron chi connectivity index (χ2n) is 4.71. The third-order valence-electron chi connectivity index (χ3n) is 3.09. The molecule has 0 radical (unpaired) electrons. The highest BCUT2D eigenvalue weighted by Crippen LogP contribution is 2.13. The number of nitrogens with two attached hydrogens (primary N) is 1. The summed E-state index contributed by atoms with van der Waals surface area (Å²) in [7, 11) is 3.47. The first-order chi connectivity index (χ1) is 8.97. The Labute approximate surface area is 114 Å². The second-order valence-corrected chi connectivity index (χ2v) is 4.71. The quantitative estimate of drug-likeness (QED) is 0.842. The summed E-state index contributed by atoms with van der Waals surface area (Å²) in [6, 6.07) is 4.62. The second kappa shape index (κ2) is 7.21. The molecule has 0 heterocycles. The number of likely N-dealkylation sites (N-methyl/N-ethyl adjacent to an activating group) is 2. The van der Waals surface area contributed by atoms with Gasteiger partial charge in [-0.1, -0.05) is 13.0 Å². The van der Waals surface area contributed by atoms with E-state index in [1.54, 1.807) is 25.1 Å². The number of halogens is 1. The highest BCUT2D eigenvalue weighted by atomic mass is 19.1. The normalized spacial score (nSPS) is 10.8. The summed E-state index contributed by atoms with van der Waals surface area (Å²) in [4.78, 5) is 15.3. The molecule has 0 aromatic heterocycles. The third kappa shape index (κ3) is 4.61. The van der Waals surface area contributed by atoms with Crippen LogP contribution in [0, 0.1) is 5.82 Å². The van der Waals surface area contributed by atoms with Crippen LogP contribution in [0.15, 0.2) is 18.2 Å². The Morgan fingerprint density at radius 1 is 1.32 bits per heavy atom. The number of carbonyl (C=O) groups excluding carboxylic acids is 1. The van der Waals surface area contributed by atoms with E-state index >= 15 is 0 Å². The van der Waals surface area contributed by atoms with Crippen molar-refractivity contribution < 1.29 is 9.18 Å². The zero-order valence-electron chi connectivity index (χ0n) is 11.8. The Bertz CT molecular complexity index is 435. The van der Waals surface area contributed by atoms with Crippen LogP contribution in [0.4, 0.5) is 4.39 Å². The van der Waals surface area contributed by atoms with Crippen molar-refractivity contribution in [1.29, 1.82) is 0 Å². The van der Waals surface area contributed by atoms with Gasteiger partial charge in [0.25, 0.3) is 0 Å². The monoisotopic (exact) mass is 267 g/mol. The molecule has 0 unspecified atom stereocenters. The zero-order chi connectivity index (χ0) is 14.4. The minimum absolute atomic E-state index is 0.0539. The summed E-state index contributed by atoms with van der Waals surface area (Å²) >= 11 is 0. The van der Waals surface area contributed by atoms with Gasteiger partial charge in [0.1, 0.15) is 5.82 Å². The van der Waals surface area contributed by atoms with Crippen LogP contribution in [-0.2, 0) is 17.9 Å². The molecule has 4 nitrogen and oxygen atoms in total. The van der Waals surface area contributed by atoms with Gasteiger partial charge in [-0.05, 0) is 29.8 Å². The van der Waals surface area contributed by atoms with E-state index in [-0.39, 0.29) is 11.7 Å². The fourth-order valence-electron chi connectivity index (χ4n) is 1.79. The number of carbonyl (C=O) groups is 1. The predicted octanol–water partition coefficient (Wildman–Crippen LogP) is 1.19. The Kier molecular flexibility index (Phi) is 5.92. The van der Waals surface area contributed by atoms with Crippen molar-refractivity contribution in [3.05, 3.63) is 35.1 Å². The lowest BCUT2D eigenvalue weighted by atomic mass is 10.1. The third-order valence-corrected chi connectivity index (χ3v) is 3.09. The summed E-state index contributed by atoms with van der Waals surface area (Å²) in [5, 5.41) is 0. The minimum Gasteiger partial charge on any atom is -0.348 e. The van der Waals surface area contributed by atoms with E-state index in [0.717, 1.165) is 17.7 Å².